The molecule has 3 heteroatoms. The van der Waals surface area contributed by atoms with Crippen LogP contribution in [0.15, 0.2) is 0 Å². The number of ether oxygens (including phenoxy) is 1. The minimum atomic E-state index is 0.0617. The second kappa shape index (κ2) is 31.8. The third kappa shape index (κ3) is 28.2. The van der Waals surface area contributed by atoms with Gasteiger partial charge in [0, 0.05) is 6.42 Å². The van der Waals surface area contributed by atoms with Gasteiger partial charge in [0.15, 0.2) is 0 Å². The van der Waals surface area contributed by atoms with Gasteiger partial charge >= 0.3 is 5.97 Å². The summed E-state index contributed by atoms with van der Waals surface area (Å²) in [5.74, 6) is 1.40. The number of esters is 1. The van der Waals surface area contributed by atoms with E-state index in [4.69, 9.17) is 4.74 Å². The molecule has 0 aromatic heterocycles. The SMILES string of the molecule is CCCCCCCCCCC(CCCCCCCCCC)C(CCCC(C)CCCCC)OC(=O)CCCCN(C)C. The van der Waals surface area contributed by atoms with Crippen molar-refractivity contribution in [1.82, 2.24) is 4.90 Å². The first-order valence-corrected chi connectivity index (χ1v) is 19.3. The molecule has 0 aromatic rings. The molecule has 0 fully saturated rings. The van der Waals surface area contributed by atoms with Crippen LogP contribution < -0.4 is 0 Å². The highest BCUT2D eigenvalue weighted by atomic mass is 16.5. The van der Waals surface area contributed by atoms with Crippen LogP contribution in [-0.4, -0.2) is 37.6 Å². The maximum absolute atomic E-state index is 13.0. The maximum atomic E-state index is 13.0. The van der Waals surface area contributed by atoms with Crippen molar-refractivity contribution in [2.75, 3.05) is 20.6 Å². The van der Waals surface area contributed by atoms with Crippen molar-refractivity contribution < 1.29 is 9.53 Å². The summed E-state index contributed by atoms with van der Waals surface area (Å²) >= 11 is 0. The first-order valence-electron chi connectivity index (χ1n) is 19.3. The van der Waals surface area contributed by atoms with E-state index in [0.717, 1.165) is 31.7 Å². The minimum Gasteiger partial charge on any atom is -0.462 e. The van der Waals surface area contributed by atoms with Crippen molar-refractivity contribution in [3.8, 4) is 0 Å². The Morgan fingerprint density at radius 3 is 1.45 bits per heavy atom. The molecule has 0 bridgehead atoms. The summed E-state index contributed by atoms with van der Waals surface area (Å²) in [5.41, 5.74) is 0. The number of carbonyl (C=O) groups excluding carboxylic acids is 1. The van der Waals surface area contributed by atoms with E-state index in [1.807, 2.05) is 0 Å². The molecule has 0 aliphatic heterocycles. The van der Waals surface area contributed by atoms with Gasteiger partial charge in [0.2, 0.25) is 0 Å². The summed E-state index contributed by atoms with van der Waals surface area (Å²) in [6.45, 7) is 10.4. The fourth-order valence-electron chi connectivity index (χ4n) is 6.47. The molecular formula is C39H79NO2. The Balaban J connectivity index is 5.04. The molecule has 0 aliphatic rings. The Hall–Kier alpha value is -0.570. The highest BCUT2D eigenvalue weighted by Crippen LogP contribution is 2.29. The number of carbonyl (C=O) groups is 1. The van der Waals surface area contributed by atoms with Crippen LogP contribution in [0, 0.1) is 11.8 Å². The summed E-state index contributed by atoms with van der Waals surface area (Å²) in [6.07, 6.45) is 36.0. The lowest BCUT2D eigenvalue weighted by molar-refractivity contribution is -0.153. The van der Waals surface area contributed by atoms with Gasteiger partial charge in [-0.1, -0.05) is 163 Å². The van der Waals surface area contributed by atoms with Gasteiger partial charge in [-0.25, -0.2) is 0 Å². The molecule has 0 aromatic carbocycles. The second-order valence-electron chi connectivity index (χ2n) is 14.1. The zero-order valence-electron chi connectivity index (χ0n) is 30.0. The Bertz CT molecular complexity index is 529. The van der Waals surface area contributed by atoms with Gasteiger partial charge in [-0.15, -0.1) is 0 Å². The summed E-state index contributed by atoms with van der Waals surface area (Å²) in [5, 5.41) is 0. The van der Waals surface area contributed by atoms with Crippen molar-refractivity contribution >= 4 is 5.97 Å². The molecule has 3 nitrogen and oxygen atoms in total. The fraction of sp³-hybridized carbons (Fsp3) is 0.974. The van der Waals surface area contributed by atoms with Crippen molar-refractivity contribution in [2.24, 2.45) is 11.8 Å². The summed E-state index contributed by atoms with van der Waals surface area (Å²) in [6, 6.07) is 0. The monoisotopic (exact) mass is 594 g/mol. The number of rotatable bonds is 33. The largest absolute Gasteiger partial charge is 0.462 e. The van der Waals surface area contributed by atoms with Gasteiger partial charge in [-0.3, -0.25) is 4.79 Å². The number of nitrogens with zero attached hydrogens (tertiary/aromatic N) is 1. The van der Waals surface area contributed by atoms with Crippen molar-refractivity contribution in [3.05, 3.63) is 0 Å². The quantitative estimate of drug-likeness (QED) is 0.0560. The van der Waals surface area contributed by atoms with E-state index in [1.54, 1.807) is 0 Å². The molecule has 0 aliphatic carbocycles. The van der Waals surface area contributed by atoms with Crippen LogP contribution >= 0.6 is 0 Å². The zero-order valence-corrected chi connectivity index (χ0v) is 30.0. The molecule has 0 saturated carbocycles. The fourth-order valence-corrected chi connectivity index (χ4v) is 6.47. The van der Waals surface area contributed by atoms with Crippen LogP contribution in [0.5, 0.6) is 0 Å². The number of unbranched alkanes of at least 4 members (excludes halogenated alkanes) is 17. The summed E-state index contributed by atoms with van der Waals surface area (Å²) in [7, 11) is 4.22. The Kier molecular flexibility index (Phi) is 31.4. The molecule has 0 spiro atoms. The molecule has 0 saturated heterocycles. The molecule has 0 N–H and O–H groups in total. The maximum Gasteiger partial charge on any atom is 0.306 e. The van der Waals surface area contributed by atoms with Gasteiger partial charge in [0.25, 0.3) is 0 Å². The number of hydrogen-bond acceptors (Lipinski definition) is 3. The highest BCUT2D eigenvalue weighted by Gasteiger charge is 2.25. The number of hydrogen-bond donors (Lipinski definition) is 0. The molecule has 42 heavy (non-hydrogen) atoms. The second-order valence-corrected chi connectivity index (χ2v) is 14.1. The average molecular weight is 594 g/mol. The topological polar surface area (TPSA) is 29.5 Å². The van der Waals surface area contributed by atoms with Crippen molar-refractivity contribution in [2.45, 2.75) is 214 Å². The molecule has 2 unspecified atom stereocenters. The lowest BCUT2D eigenvalue weighted by Crippen LogP contribution is -2.28. The van der Waals surface area contributed by atoms with Crippen LogP contribution in [0.25, 0.3) is 0 Å². The molecule has 0 heterocycles. The Labute approximate surface area is 266 Å². The minimum absolute atomic E-state index is 0.0617. The molecule has 0 radical (unpaired) electrons. The van der Waals surface area contributed by atoms with E-state index in [9.17, 15) is 4.79 Å². The standard InChI is InChI=1S/C39H79NO2/c1-7-10-13-15-17-19-21-24-31-37(32-25-22-20-18-16-14-11-8-2)38(33-28-30-36(4)29-23-12-9-3)42-39(41)34-26-27-35-40(5)6/h36-38H,7-35H2,1-6H3. The molecular weight excluding hydrogens is 514 g/mol. The van der Waals surface area contributed by atoms with Crippen molar-refractivity contribution in [3.63, 3.8) is 0 Å². The van der Waals surface area contributed by atoms with Gasteiger partial charge in [0.1, 0.15) is 6.10 Å². The van der Waals surface area contributed by atoms with Gasteiger partial charge in [0.05, 0.1) is 0 Å². The summed E-state index contributed by atoms with van der Waals surface area (Å²) in [4.78, 5) is 15.2. The van der Waals surface area contributed by atoms with Gasteiger partial charge in [-0.2, -0.15) is 0 Å². The predicted molar refractivity (Wildman–Crippen MR) is 187 cm³/mol. The van der Waals surface area contributed by atoms with Crippen LogP contribution in [-0.2, 0) is 9.53 Å². The van der Waals surface area contributed by atoms with Gasteiger partial charge in [-0.05, 0) is 71.0 Å². The predicted octanol–water partition coefficient (Wildman–Crippen LogP) is 12.7. The van der Waals surface area contributed by atoms with E-state index >= 15 is 0 Å². The van der Waals surface area contributed by atoms with Crippen LogP contribution in [0.4, 0.5) is 0 Å². The lowest BCUT2D eigenvalue weighted by Gasteiger charge is -2.28. The van der Waals surface area contributed by atoms with Crippen molar-refractivity contribution in [1.29, 1.82) is 0 Å². The molecule has 0 amide bonds. The Morgan fingerprint density at radius 1 is 0.524 bits per heavy atom. The van der Waals surface area contributed by atoms with E-state index < -0.39 is 0 Å². The zero-order chi connectivity index (χ0) is 31.1. The van der Waals surface area contributed by atoms with Crippen LogP contribution in [0.2, 0.25) is 0 Å². The highest BCUT2D eigenvalue weighted by molar-refractivity contribution is 5.69. The molecule has 0 rings (SSSR count). The average Bonchev–Trinajstić information content (AvgIpc) is 2.96. The van der Waals surface area contributed by atoms with E-state index in [-0.39, 0.29) is 12.1 Å². The molecule has 2 atom stereocenters. The third-order valence-electron chi connectivity index (χ3n) is 9.39. The normalized spacial score (nSPS) is 13.2. The van der Waals surface area contributed by atoms with Crippen LogP contribution in [0.3, 0.4) is 0 Å². The van der Waals surface area contributed by atoms with Gasteiger partial charge < -0.3 is 9.64 Å². The van der Waals surface area contributed by atoms with Crippen LogP contribution in [0.1, 0.15) is 207 Å². The third-order valence-corrected chi connectivity index (χ3v) is 9.39. The lowest BCUT2D eigenvalue weighted by atomic mass is 9.86. The summed E-state index contributed by atoms with van der Waals surface area (Å²) < 4.78 is 6.39. The molecule has 252 valence electrons. The van der Waals surface area contributed by atoms with E-state index in [0.29, 0.717) is 12.3 Å². The van der Waals surface area contributed by atoms with E-state index in [1.165, 1.54) is 154 Å². The van der Waals surface area contributed by atoms with E-state index in [2.05, 4.69) is 46.7 Å². The first kappa shape index (κ1) is 41.4. The Morgan fingerprint density at radius 2 is 0.952 bits per heavy atom. The first-order chi connectivity index (χ1) is 20.4. The smallest absolute Gasteiger partial charge is 0.306 e.